The van der Waals surface area contributed by atoms with Crippen LogP contribution in [0.3, 0.4) is 0 Å². The van der Waals surface area contributed by atoms with Crippen molar-refractivity contribution in [2.24, 2.45) is 0 Å². The number of aryl methyl sites for hydroxylation is 2. The van der Waals surface area contributed by atoms with Crippen LogP contribution in [-0.2, 0) is 25.9 Å². The molecule has 1 N–H and O–H groups in total. The second-order valence-corrected chi connectivity index (χ2v) is 4.84. The zero-order valence-electron chi connectivity index (χ0n) is 12.1. The van der Waals surface area contributed by atoms with Crippen LogP contribution in [0.25, 0.3) is 0 Å². The third-order valence-corrected chi connectivity index (χ3v) is 3.37. The summed E-state index contributed by atoms with van der Waals surface area (Å²) >= 11 is 0. The van der Waals surface area contributed by atoms with Crippen molar-refractivity contribution in [1.29, 1.82) is 0 Å². The van der Waals surface area contributed by atoms with Crippen molar-refractivity contribution in [3.8, 4) is 0 Å². The Morgan fingerprint density at radius 3 is 2.32 bits per heavy atom. The van der Waals surface area contributed by atoms with Crippen LogP contribution in [0.2, 0.25) is 0 Å². The molecular weight excluding hydrogens is 234 g/mol. The molecule has 3 heteroatoms. The van der Waals surface area contributed by atoms with Crippen molar-refractivity contribution < 1.29 is 0 Å². The molecule has 0 aliphatic rings. The Balaban J connectivity index is 2.13. The molecule has 0 spiro atoms. The molecule has 0 bridgehead atoms. The summed E-state index contributed by atoms with van der Waals surface area (Å²) in [6.07, 6.45) is 2.03. The summed E-state index contributed by atoms with van der Waals surface area (Å²) in [5, 5.41) is 7.82. The number of nitrogens with one attached hydrogen (secondary N) is 1. The summed E-state index contributed by atoms with van der Waals surface area (Å²) in [6.45, 7) is 6.12. The SMILES string of the molecule is CCc1cc(CC)n(Cc2ccc(CNC)cc2)n1. The third kappa shape index (κ3) is 3.44. The summed E-state index contributed by atoms with van der Waals surface area (Å²) in [6, 6.07) is 11.0. The average Bonchev–Trinajstić information content (AvgIpc) is 2.83. The van der Waals surface area contributed by atoms with Crippen LogP contribution in [0, 0.1) is 0 Å². The van der Waals surface area contributed by atoms with E-state index in [1.807, 2.05) is 7.05 Å². The molecule has 2 aromatic rings. The van der Waals surface area contributed by atoms with Gasteiger partial charge < -0.3 is 5.32 Å². The highest BCUT2D eigenvalue weighted by Crippen LogP contribution is 2.11. The lowest BCUT2D eigenvalue weighted by molar-refractivity contribution is 0.640. The molecule has 1 aromatic carbocycles. The molecule has 0 radical (unpaired) electrons. The first-order chi connectivity index (χ1) is 9.26. The molecule has 3 nitrogen and oxygen atoms in total. The zero-order chi connectivity index (χ0) is 13.7. The van der Waals surface area contributed by atoms with E-state index in [9.17, 15) is 0 Å². The van der Waals surface area contributed by atoms with E-state index in [-0.39, 0.29) is 0 Å². The van der Waals surface area contributed by atoms with Gasteiger partial charge in [-0.2, -0.15) is 5.10 Å². The summed E-state index contributed by atoms with van der Waals surface area (Å²) < 4.78 is 2.13. The Morgan fingerprint density at radius 1 is 1.05 bits per heavy atom. The van der Waals surface area contributed by atoms with Gasteiger partial charge in [0.15, 0.2) is 0 Å². The highest BCUT2D eigenvalue weighted by molar-refractivity contribution is 5.23. The molecule has 1 aromatic heterocycles. The number of aromatic nitrogens is 2. The number of benzene rings is 1. The lowest BCUT2D eigenvalue weighted by Gasteiger charge is -2.07. The van der Waals surface area contributed by atoms with Gasteiger partial charge in [0, 0.05) is 12.2 Å². The fourth-order valence-corrected chi connectivity index (χ4v) is 2.25. The minimum absolute atomic E-state index is 0.864. The Hall–Kier alpha value is -1.61. The maximum Gasteiger partial charge on any atom is 0.0662 e. The molecule has 2 rings (SSSR count). The van der Waals surface area contributed by atoms with Crippen molar-refractivity contribution >= 4 is 0 Å². The second kappa shape index (κ2) is 6.53. The molecule has 102 valence electrons. The molecule has 0 fully saturated rings. The van der Waals surface area contributed by atoms with Gasteiger partial charge >= 0.3 is 0 Å². The van der Waals surface area contributed by atoms with Gasteiger partial charge in [-0.15, -0.1) is 0 Å². The summed E-state index contributed by atoms with van der Waals surface area (Å²) in [7, 11) is 1.97. The van der Waals surface area contributed by atoms with Gasteiger partial charge in [-0.1, -0.05) is 38.1 Å². The molecule has 19 heavy (non-hydrogen) atoms. The van der Waals surface area contributed by atoms with E-state index in [1.165, 1.54) is 22.5 Å². The molecule has 0 saturated heterocycles. The van der Waals surface area contributed by atoms with Gasteiger partial charge in [0.2, 0.25) is 0 Å². The first-order valence-electron chi connectivity index (χ1n) is 7.04. The van der Waals surface area contributed by atoms with Crippen molar-refractivity contribution in [2.45, 2.75) is 39.8 Å². The van der Waals surface area contributed by atoms with E-state index < -0.39 is 0 Å². The van der Waals surface area contributed by atoms with Crippen LogP contribution >= 0.6 is 0 Å². The van der Waals surface area contributed by atoms with Gasteiger partial charge in [-0.05, 0) is 37.1 Å². The molecule has 0 aliphatic heterocycles. The number of nitrogens with zero attached hydrogens (tertiary/aromatic N) is 2. The maximum atomic E-state index is 4.66. The van der Waals surface area contributed by atoms with E-state index in [4.69, 9.17) is 0 Å². The van der Waals surface area contributed by atoms with Crippen molar-refractivity contribution in [1.82, 2.24) is 15.1 Å². The number of hydrogen-bond donors (Lipinski definition) is 1. The topological polar surface area (TPSA) is 29.9 Å². The highest BCUT2D eigenvalue weighted by Gasteiger charge is 2.05. The Morgan fingerprint density at radius 2 is 1.74 bits per heavy atom. The van der Waals surface area contributed by atoms with Gasteiger partial charge in [0.25, 0.3) is 0 Å². The Kier molecular flexibility index (Phi) is 4.74. The first kappa shape index (κ1) is 13.8. The van der Waals surface area contributed by atoms with E-state index in [1.54, 1.807) is 0 Å². The quantitative estimate of drug-likeness (QED) is 0.862. The first-order valence-corrected chi connectivity index (χ1v) is 7.04. The molecule has 1 heterocycles. The minimum Gasteiger partial charge on any atom is -0.316 e. The van der Waals surface area contributed by atoms with Crippen LogP contribution < -0.4 is 5.32 Å². The van der Waals surface area contributed by atoms with Gasteiger partial charge in [0.1, 0.15) is 0 Å². The lowest BCUT2D eigenvalue weighted by atomic mass is 10.1. The van der Waals surface area contributed by atoms with Gasteiger partial charge in [-0.25, -0.2) is 0 Å². The molecule has 0 saturated carbocycles. The van der Waals surface area contributed by atoms with Gasteiger partial charge in [0.05, 0.1) is 12.2 Å². The van der Waals surface area contributed by atoms with Gasteiger partial charge in [-0.3, -0.25) is 4.68 Å². The summed E-state index contributed by atoms with van der Waals surface area (Å²) in [4.78, 5) is 0. The third-order valence-electron chi connectivity index (χ3n) is 3.37. The maximum absolute atomic E-state index is 4.66. The van der Waals surface area contributed by atoms with Crippen molar-refractivity contribution in [3.05, 3.63) is 52.8 Å². The van der Waals surface area contributed by atoms with Crippen LogP contribution in [0.4, 0.5) is 0 Å². The molecule has 0 unspecified atom stereocenters. The number of rotatable bonds is 6. The van der Waals surface area contributed by atoms with Crippen LogP contribution in [-0.4, -0.2) is 16.8 Å². The molecular formula is C16H23N3. The van der Waals surface area contributed by atoms with E-state index in [0.29, 0.717) is 0 Å². The van der Waals surface area contributed by atoms with Crippen molar-refractivity contribution in [2.75, 3.05) is 7.05 Å². The van der Waals surface area contributed by atoms with Crippen LogP contribution in [0.5, 0.6) is 0 Å². The highest BCUT2D eigenvalue weighted by atomic mass is 15.3. The average molecular weight is 257 g/mol. The normalized spacial score (nSPS) is 10.9. The largest absolute Gasteiger partial charge is 0.316 e. The number of hydrogen-bond acceptors (Lipinski definition) is 2. The minimum atomic E-state index is 0.864. The van der Waals surface area contributed by atoms with E-state index in [2.05, 4.69) is 59.3 Å². The second-order valence-electron chi connectivity index (χ2n) is 4.84. The lowest BCUT2D eigenvalue weighted by Crippen LogP contribution is -2.07. The smallest absolute Gasteiger partial charge is 0.0662 e. The van der Waals surface area contributed by atoms with E-state index in [0.717, 1.165) is 25.9 Å². The molecule has 0 atom stereocenters. The summed E-state index contributed by atoms with van der Waals surface area (Å²) in [5.41, 5.74) is 5.12. The monoisotopic (exact) mass is 257 g/mol. The van der Waals surface area contributed by atoms with E-state index >= 15 is 0 Å². The summed E-state index contributed by atoms with van der Waals surface area (Å²) in [5.74, 6) is 0. The van der Waals surface area contributed by atoms with Crippen molar-refractivity contribution in [3.63, 3.8) is 0 Å². The predicted octanol–water partition coefficient (Wildman–Crippen LogP) is 2.78. The zero-order valence-corrected chi connectivity index (χ0v) is 12.1. The predicted molar refractivity (Wildman–Crippen MR) is 79.3 cm³/mol. The van der Waals surface area contributed by atoms with Crippen LogP contribution in [0.15, 0.2) is 30.3 Å². The fourth-order valence-electron chi connectivity index (χ4n) is 2.25. The van der Waals surface area contributed by atoms with Crippen LogP contribution in [0.1, 0.15) is 36.4 Å². The molecule has 0 aliphatic carbocycles. The fraction of sp³-hybridized carbons (Fsp3) is 0.438. The standard InChI is InChI=1S/C16H23N3/c1-4-15-10-16(5-2)19(18-15)12-14-8-6-13(7-9-14)11-17-3/h6-10,17H,4-5,11-12H2,1-3H3. The Labute approximate surface area is 115 Å². The Bertz CT molecular complexity index is 511. The molecule has 0 amide bonds.